The quantitative estimate of drug-likeness (QED) is 0.227. The van der Waals surface area contributed by atoms with Crippen molar-refractivity contribution in [2.45, 2.75) is 76.9 Å². The lowest BCUT2D eigenvalue weighted by atomic mass is 9.98. The van der Waals surface area contributed by atoms with Crippen molar-refractivity contribution in [1.82, 2.24) is 24.8 Å². The molecule has 0 radical (unpaired) electrons. The average molecular weight is 670 g/mol. The summed E-state index contributed by atoms with van der Waals surface area (Å²) in [5.41, 5.74) is 5.03. The van der Waals surface area contributed by atoms with Crippen LogP contribution in [0.1, 0.15) is 82.9 Å². The molecular formula is C38H47N5O6. The standard InChI is InChI=1S/C38H47N5O6/c1-38(2,3)49-37(44)43-14-6-9-32(43)36-40-24-31(42-36)27-11-13-29-28-12-10-26(30-23-39-35(41-30)25-7-4-5-8-25)21-33(28)47-19-17-45-15-16-46-18-20-48-34(29)22-27/h10-13,21-25,32H,4-9,14-20H2,1-3H3,(H,39,41)(H,40,42)/t32-/m0/s1. The van der Waals surface area contributed by atoms with Gasteiger partial charge in [-0.25, -0.2) is 14.8 Å². The Morgan fingerprint density at radius 2 is 1.31 bits per heavy atom. The van der Waals surface area contributed by atoms with Crippen LogP contribution in [0, 0.1) is 0 Å². The highest BCUT2D eigenvalue weighted by Gasteiger charge is 2.35. The zero-order valence-corrected chi connectivity index (χ0v) is 28.8. The second-order valence-corrected chi connectivity index (χ2v) is 14.0. The van der Waals surface area contributed by atoms with Crippen LogP contribution in [0.25, 0.3) is 33.6 Å². The fourth-order valence-electron chi connectivity index (χ4n) is 6.94. The third kappa shape index (κ3) is 7.78. The van der Waals surface area contributed by atoms with E-state index in [1.54, 1.807) is 4.90 Å². The summed E-state index contributed by atoms with van der Waals surface area (Å²) in [4.78, 5) is 31.2. The van der Waals surface area contributed by atoms with Crippen LogP contribution in [-0.2, 0) is 14.2 Å². The van der Waals surface area contributed by atoms with E-state index in [1.165, 1.54) is 25.7 Å². The van der Waals surface area contributed by atoms with Gasteiger partial charge >= 0.3 is 6.09 Å². The molecule has 0 unspecified atom stereocenters. The number of aromatic amines is 2. The van der Waals surface area contributed by atoms with Crippen molar-refractivity contribution in [2.24, 2.45) is 0 Å². The highest BCUT2D eigenvalue weighted by atomic mass is 16.6. The number of H-pyrrole nitrogens is 2. The van der Waals surface area contributed by atoms with Crippen LogP contribution < -0.4 is 9.47 Å². The number of imidazole rings is 2. The van der Waals surface area contributed by atoms with E-state index in [1.807, 2.05) is 39.2 Å². The molecule has 1 saturated heterocycles. The van der Waals surface area contributed by atoms with Gasteiger partial charge < -0.3 is 33.7 Å². The fraction of sp³-hybridized carbons (Fsp3) is 0.500. The van der Waals surface area contributed by atoms with Gasteiger partial charge in [0, 0.05) is 34.7 Å². The largest absolute Gasteiger partial charge is 0.491 e. The Morgan fingerprint density at radius 1 is 0.755 bits per heavy atom. The molecular weight excluding hydrogens is 622 g/mol. The normalized spacial score (nSPS) is 19.4. The Kier molecular flexibility index (Phi) is 9.91. The molecule has 1 aliphatic carbocycles. The number of hydrogen-bond donors (Lipinski definition) is 2. The molecule has 260 valence electrons. The zero-order chi connectivity index (χ0) is 33.8. The molecule has 2 N–H and O–H groups in total. The number of nitrogens with zero attached hydrogens (tertiary/aromatic N) is 3. The van der Waals surface area contributed by atoms with Gasteiger partial charge in [0.15, 0.2) is 0 Å². The van der Waals surface area contributed by atoms with Crippen LogP contribution in [0.4, 0.5) is 4.79 Å². The lowest BCUT2D eigenvalue weighted by Gasteiger charge is -2.27. The zero-order valence-electron chi connectivity index (χ0n) is 28.8. The third-order valence-corrected chi connectivity index (χ3v) is 9.35. The predicted molar refractivity (Wildman–Crippen MR) is 186 cm³/mol. The van der Waals surface area contributed by atoms with Crippen molar-refractivity contribution in [1.29, 1.82) is 0 Å². The lowest BCUT2D eigenvalue weighted by Crippen LogP contribution is -2.36. The van der Waals surface area contributed by atoms with Gasteiger partial charge in [-0.1, -0.05) is 25.0 Å². The van der Waals surface area contributed by atoms with Gasteiger partial charge in [0.2, 0.25) is 0 Å². The molecule has 1 saturated carbocycles. The smallest absolute Gasteiger partial charge is 0.410 e. The molecule has 11 nitrogen and oxygen atoms in total. The Labute approximate surface area is 287 Å². The summed E-state index contributed by atoms with van der Waals surface area (Å²) in [6.45, 7) is 8.95. The molecule has 49 heavy (non-hydrogen) atoms. The SMILES string of the molecule is CC(C)(C)OC(=O)N1CCC[C@H]1c1ncc(-c2ccc3c(c2)OCCOCCOCCOc2cc(-c4cnc(C5CCCC5)[nH]4)ccc2-3)[nH]1. The van der Waals surface area contributed by atoms with E-state index < -0.39 is 5.60 Å². The summed E-state index contributed by atoms with van der Waals surface area (Å²) in [5, 5.41) is 0. The maximum atomic E-state index is 13.0. The Hall–Kier alpha value is -4.35. The van der Waals surface area contributed by atoms with E-state index in [0.717, 1.165) is 63.9 Å². The van der Waals surface area contributed by atoms with Crippen LogP contribution in [-0.4, -0.2) is 82.7 Å². The monoisotopic (exact) mass is 669 g/mol. The van der Waals surface area contributed by atoms with Crippen molar-refractivity contribution in [2.75, 3.05) is 46.2 Å². The molecule has 11 heteroatoms. The van der Waals surface area contributed by atoms with Crippen molar-refractivity contribution in [3.8, 4) is 45.1 Å². The second-order valence-electron chi connectivity index (χ2n) is 14.0. The van der Waals surface area contributed by atoms with E-state index in [-0.39, 0.29) is 12.1 Å². The van der Waals surface area contributed by atoms with Gasteiger partial charge in [-0.3, -0.25) is 4.90 Å². The maximum Gasteiger partial charge on any atom is 0.410 e. The maximum absolute atomic E-state index is 13.0. The minimum Gasteiger partial charge on any atom is -0.491 e. The third-order valence-electron chi connectivity index (χ3n) is 9.35. The summed E-state index contributed by atoms with van der Waals surface area (Å²) in [6.07, 6.45) is 10.1. The first-order valence-electron chi connectivity index (χ1n) is 17.6. The van der Waals surface area contributed by atoms with Gasteiger partial charge in [-0.05, 0) is 70.7 Å². The van der Waals surface area contributed by atoms with Crippen molar-refractivity contribution < 1.29 is 28.5 Å². The number of carbonyl (C=O) groups excluding carboxylic acids is 1. The minimum atomic E-state index is -0.560. The predicted octanol–water partition coefficient (Wildman–Crippen LogP) is 7.67. The van der Waals surface area contributed by atoms with Crippen molar-refractivity contribution >= 4 is 6.09 Å². The molecule has 2 aliphatic heterocycles. The molecule has 1 amide bonds. The Bertz CT molecular complexity index is 1740. The number of benzene rings is 2. The molecule has 2 aromatic heterocycles. The number of amides is 1. The van der Waals surface area contributed by atoms with Crippen LogP contribution >= 0.6 is 0 Å². The molecule has 2 fully saturated rings. The number of fused-ring (bicyclic) bond motifs is 3. The van der Waals surface area contributed by atoms with Crippen LogP contribution in [0.5, 0.6) is 11.5 Å². The van der Waals surface area contributed by atoms with Crippen LogP contribution in [0.15, 0.2) is 48.8 Å². The first-order valence-corrected chi connectivity index (χ1v) is 17.6. The molecule has 7 rings (SSSR count). The van der Waals surface area contributed by atoms with Crippen molar-refractivity contribution in [3.05, 3.63) is 60.4 Å². The van der Waals surface area contributed by atoms with Gasteiger partial charge in [0.1, 0.15) is 42.0 Å². The summed E-state index contributed by atoms with van der Waals surface area (Å²) in [7, 11) is 0. The number of aromatic nitrogens is 4. The first kappa shape index (κ1) is 33.2. The molecule has 0 bridgehead atoms. The first-order chi connectivity index (χ1) is 23.8. The van der Waals surface area contributed by atoms with Gasteiger partial charge in [-0.2, -0.15) is 0 Å². The van der Waals surface area contributed by atoms with Gasteiger partial charge in [0.05, 0.1) is 56.3 Å². The molecule has 4 aromatic rings. The summed E-state index contributed by atoms with van der Waals surface area (Å²) >= 11 is 0. The topological polar surface area (TPSA) is 124 Å². The number of hydrogen-bond acceptors (Lipinski definition) is 8. The Balaban J connectivity index is 1.19. The molecule has 3 aliphatic rings. The molecule has 4 heterocycles. The highest BCUT2D eigenvalue weighted by molar-refractivity contribution is 5.81. The molecule has 1 atom stereocenters. The summed E-state index contributed by atoms with van der Waals surface area (Å²) < 4.78 is 29.9. The van der Waals surface area contributed by atoms with E-state index >= 15 is 0 Å². The second kappa shape index (κ2) is 14.6. The molecule has 0 spiro atoms. The fourth-order valence-corrected chi connectivity index (χ4v) is 6.94. The average Bonchev–Trinajstić information content (AvgIpc) is 3.91. The van der Waals surface area contributed by atoms with E-state index in [0.29, 0.717) is 57.9 Å². The Morgan fingerprint density at radius 3 is 1.90 bits per heavy atom. The highest BCUT2D eigenvalue weighted by Crippen LogP contribution is 2.42. The van der Waals surface area contributed by atoms with Gasteiger partial charge in [-0.15, -0.1) is 0 Å². The number of ether oxygens (including phenoxy) is 5. The number of nitrogens with one attached hydrogen (secondary N) is 2. The van der Waals surface area contributed by atoms with E-state index in [4.69, 9.17) is 33.7 Å². The van der Waals surface area contributed by atoms with Crippen molar-refractivity contribution in [3.63, 3.8) is 0 Å². The lowest BCUT2D eigenvalue weighted by molar-refractivity contribution is 0.0218. The van der Waals surface area contributed by atoms with Crippen LogP contribution in [0.2, 0.25) is 0 Å². The van der Waals surface area contributed by atoms with E-state index in [9.17, 15) is 4.79 Å². The minimum absolute atomic E-state index is 0.166. The van der Waals surface area contributed by atoms with E-state index in [2.05, 4.69) is 40.3 Å². The number of rotatable bonds is 4. The molecule has 2 aromatic carbocycles. The van der Waals surface area contributed by atoms with Crippen LogP contribution in [0.3, 0.4) is 0 Å². The number of likely N-dealkylation sites (tertiary alicyclic amines) is 1. The van der Waals surface area contributed by atoms with Gasteiger partial charge in [0.25, 0.3) is 0 Å². The number of carbonyl (C=O) groups is 1. The summed E-state index contributed by atoms with van der Waals surface area (Å²) in [6, 6.07) is 12.3. The summed E-state index contributed by atoms with van der Waals surface area (Å²) in [5.74, 6) is 3.79.